The molecular formula is C100H80N2. The molecule has 4 atom stereocenters. The van der Waals surface area contributed by atoms with E-state index in [1.165, 1.54) is 134 Å². The Balaban J connectivity index is 0.798. The molecule has 0 aromatic heterocycles. The summed E-state index contributed by atoms with van der Waals surface area (Å²) in [5.74, 6) is 0.277. The van der Waals surface area contributed by atoms with Gasteiger partial charge in [-0.2, -0.15) is 0 Å². The first-order valence-electron chi connectivity index (χ1n) is 36.6. The molecule has 2 heteroatoms. The molecule has 0 aliphatic heterocycles. The zero-order valence-electron chi connectivity index (χ0n) is 57.6. The lowest BCUT2D eigenvalue weighted by Gasteiger charge is -2.40. The van der Waals surface area contributed by atoms with E-state index in [4.69, 9.17) is 0 Å². The van der Waals surface area contributed by atoms with Crippen LogP contribution in [0.5, 0.6) is 0 Å². The van der Waals surface area contributed by atoms with E-state index >= 15 is 0 Å². The van der Waals surface area contributed by atoms with Crippen molar-refractivity contribution in [3.63, 3.8) is 0 Å². The van der Waals surface area contributed by atoms with Crippen LogP contribution in [0.4, 0.5) is 22.7 Å². The van der Waals surface area contributed by atoms with Gasteiger partial charge in [0.05, 0.1) is 11.1 Å². The summed E-state index contributed by atoms with van der Waals surface area (Å²) in [7, 11) is 0. The summed E-state index contributed by atoms with van der Waals surface area (Å²) in [6, 6.07) is 117. The number of allylic oxidation sites excluding steroid dienone is 7. The Morgan fingerprint density at radius 2 is 0.951 bits per heavy atom. The summed E-state index contributed by atoms with van der Waals surface area (Å²) < 4.78 is 0. The normalized spacial score (nSPS) is 18.3. The van der Waals surface area contributed by atoms with Crippen molar-refractivity contribution in [2.45, 2.75) is 68.1 Å². The monoisotopic (exact) mass is 1310 g/mol. The Kier molecular flexibility index (Phi) is 16.1. The van der Waals surface area contributed by atoms with Gasteiger partial charge >= 0.3 is 0 Å². The Bertz CT molecular complexity index is 5480. The fraction of sp³-hybridized carbons (Fsp3) is 0.120. The SMILES string of the molecule is C=Cc1ccc(CC2(c3ccccc3)c3ccccc3-c3ccc(N(C4=CC=C(c5ccccc5)CC4)c4ccc(-c5ccc(N(C6=CC7C(C=C6)c6ccccc6C7(Cc6ccc(C=C)cc6)c6ccccc6)c6ccc(-c7ccccc7)cc6)c6ccccc56)c5c4CCCC5)cc32)cc1. The Labute approximate surface area is 601 Å². The molecule has 0 saturated carbocycles. The van der Waals surface area contributed by atoms with Gasteiger partial charge in [-0.3, -0.25) is 0 Å². The molecule has 0 radical (unpaired) electrons. The van der Waals surface area contributed by atoms with Crippen molar-refractivity contribution in [1.29, 1.82) is 0 Å². The number of nitrogens with zero attached hydrogens (tertiary/aromatic N) is 2. The third kappa shape index (κ3) is 10.7. The summed E-state index contributed by atoms with van der Waals surface area (Å²) in [6.45, 7) is 8.22. The molecular weight excluding hydrogens is 1230 g/mol. The number of anilines is 4. The van der Waals surface area contributed by atoms with Crippen molar-refractivity contribution >= 4 is 51.2 Å². The maximum absolute atomic E-state index is 4.11. The highest BCUT2D eigenvalue weighted by Gasteiger charge is 2.53. The summed E-state index contributed by atoms with van der Waals surface area (Å²) in [5, 5.41) is 2.46. The van der Waals surface area contributed by atoms with Gasteiger partial charge in [0.25, 0.3) is 0 Å². The lowest BCUT2D eigenvalue weighted by molar-refractivity contribution is 0.386. The molecule has 5 aliphatic carbocycles. The van der Waals surface area contributed by atoms with Crippen LogP contribution < -0.4 is 9.80 Å². The molecule has 18 rings (SSSR count). The van der Waals surface area contributed by atoms with Crippen LogP contribution >= 0.6 is 0 Å². The van der Waals surface area contributed by atoms with Gasteiger partial charge in [0.15, 0.2) is 0 Å². The van der Waals surface area contributed by atoms with Crippen LogP contribution in [0, 0.1) is 5.92 Å². The zero-order valence-corrected chi connectivity index (χ0v) is 57.6. The third-order valence-corrected chi connectivity index (χ3v) is 23.2. The second-order valence-corrected chi connectivity index (χ2v) is 28.5. The number of rotatable bonds is 17. The van der Waals surface area contributed by atoms with Crippen molar-refractivity contribution in [3.05, 3.63) is 437 Å². The number of hydrogen-bond acceptors (Lipinski definition) is 2. The first kappa shape index (κ1) is 62.4. The van der Waals surface area contributed by atoms with Gasteiger partial charge in [-0.1, -0.05) is 317 Å². The summed E-state index contributed by atoms with van der Waals surface area (Å²) >= 11 is 0. The van der Waals surface area contributed by atoms with Crippen LogP contribution in [0.15, 0.2) is 364 Å². The minimum Gasteiger partial charge on any atom is -0.314 e. The highest BCUT2D eigenvalue weighted by atomic mass is 15.2. The van der Waals surface area contributed by atoms with E-state index in [1.54, 1.807) is 0 Å². The van der Waals surface area contributed by atoms with E-state index in [0.717, 1.165) is 73.9 Å². The maximum Gasteiger partial charge on any atom is 0.0540 e. The molecule has 2 nitrogen and oxygen atoms in total. The molecule has 0 fully saturated rings. The molecule has 102 heavy (non-hydrogen) atoms. The summed E-state index contributed by atoms with van der Waals surface area (Å²) in [6.07, 6.45) is 24.1. The van der Waals surface area contributed by atoms with Crippen molar-refractivity contribution in [3.8, 4) is 33.4 Å². The second kappa shape index (κ2) is 26.4. The van der Waals surface area contributed by atoms with Crippen LogP contribution in [-0.4, -0.2) is 0 Å². The van der Waals surface area contributed by atoms with Crippen LogP contribution in [0.3, 0.4) is 0 Å². The molecule has 0 amide bonds. The molecule has 4 unspecified atom stereocenters. The van der Waals surface area contributed by atoms with Gasteiger partial charge in [0, 0.05) is 51.1 Å². The second-order valence-electron chi connectivity index (χ2n) is 28.5. The van der Waals surface area contributed by atoms with Gasteiger partial charge in [0.1, 0.15) is 0 Å². The quantitative estimate of drug-likeness (QED) is 0.0896. The average molecular weight is 1310 g/mol. The fourth-order valence-corrected chi connectivity index (χ4v) is 18.4. The number of fused-ring (bicyclic) bond motifs is 8. The van der Waals surface area contributed by atoms with E-state index in [2.05, 4.69) is 363 Å². The first-order valence-corrected chi connectivity index (χ1v) is 36.6. The van der Waals surface area contributed by atoms with Gasteiger partial charge in [-0.05, 0) is 217 Å². The van der Waals surface area contributed by atoms with Crippen LogP contribution in [0.2, 0.25) is 0 Å². The molecule has 490 valence electrons. The lowest BCUT2D eigenvalue weighted by Crippen LogP contribution is -2.37. The van der Waals surface area contributed by atoms with Gasteiger partial charge in [0.2, 0.25) is 0 Å². The third-order valence-electron chi connectivity index (χ3n) is 23.2. The molecule has 13 aromatic rings. The van der Waals surface area contributed by atoms with E-state index in [9.17, 15) is 0 Å². The predicted molar refractivity (Wildman–Crippen MR) is 430 cm³/mol. The summed E-state index contributed by atoms with van der Waals surface area (Å²) in [4.78, 5) is 5.24. The molecule has 0 spiro atoms. The van der Waals surface area contributed by atoms with Crippen molar-refractivity contribution in [2.75, 3.05) is 9.80 Å². The topological polar surface area (TPSA) is 6.48 Å². The Morgan fingerprint density at radius 3 is 1.65 bits per heavy atom. The van der Waals surface area contributed by atoms with Crippen molar-refractivity contribution < 1.29 is 0 Å². The Morgan fingerprint density at radius 1 is 0.392 bits per heavy atom. The Hall–Kier alpha value is -11.8. The fourth-order valence-electron chi connectivity index (χ4n) is 18.4. The molecule has 5 aliphatic rings. The van der Waals surface area contributed by atoms with E-state index in [1.807, 2.05) is 12.2 Å². The van der Waals surface area contributed by atoms with Gasteiger partial charge in [-0.15, -0.1) is 0 Å². The maximum atomic E-state index is 4.11. The minimum absolute atomic E-state index is 0.101. The first-order chi connectivity index (χ1) is 50.4. The number of benzene rings is 13. The molecule has 0 bridgehead atoms. The van der Waals surface area contributed by atoms with Crippen molar-refractivity contribution in [2.24, 2.45) is 5.92 Å². The largest absolute Gasteiger partial charge is 0.314 e. The van der Waals surface area contributed by atoms with E-state index in [0.29, 0.717) is 0 Å². The molecule has 0 N–H and O–H groups in total. The van der Waals surface area contributed by atoms with E-state index < -0.39 is 5.41 Å². The zero-order chi connectivity index (χ0) is 68.1. The number of hydrogen-bond donors (Lipinski definition) is 0. The summed E-state index contributed by atoms with van der Waals surface area (Å²) in [5.41, 5.74) is 32.6. The van der Waals surface area contributed by atoms with E-state index in [-0.39, 0.29) is 17.3 Å². The lowest BCUT2D eigenvalue weighted by atomic mass is 9.64. The van der Waals surface area contributed by atoms with Gasteiger partial charge in [-0.25, -0.2) is 0 Å². The minimum atomic E-state index is -0.455. The smallest absolute Gasteiger partial charge is 0.0540 e. The molecule has 0 saturated heterocycles. The standard InChI is InChI=1S/C100H80N2/c1-3-69-41-45-71(46-42-69)67-99(77-29-13-7-14-30-77)93-39-23-21-35-87(93)89-59-57-81(65-95(89)99)101(79-53-49-75(50-54-79)73-25-9-5-10-26-73)97-63-61-85(83-33-17-19-37-91(83)97)86-62-64-98(92-38-20-18-34-84(86)92)102(80-55-51-76(52-56-80)74-27-11-6-12-28-74)82-58-60-90-88-36-22-24-40-94(88)100(96(90)66-82,78-31-15-8-16-32-78)68-72-47-43-70(4-2)44-48-72/h3-17,19,21-33,35-37,39-51,53-55,57-66,89,95H,1-2,18,20,34,38,52,56,67-68H2. The predicted octanol–water partition coefficient (Wildman–Crippen LogP) is 25.3. The van der Waals surface area contributed by atoms with Crippen LogP contribution in [-0.2, 0) is 36.5 Å². The molecule has 0 heterocycles. The van der Waals surface area contributed by atoms with Crippen LogP contribution in [0.1, 0.15) is 104 Å². The van der Waals surface area contributed by atoms with Crippen molar-refractivity contribution in [1.82, 2.24) is 0 Å². The molecule has 13 aromatic carbocycles. The highest BCUT2D eigenvalue weighted by molar-refractivity contribution is 6.06. The van der Waals surface area contributed by atoms with Gasteiger partial charge < -0.3 is 9.80 Å². The average Bonchev–Trinajstić information content (AvgIpc) is 1.54. The highest BCUT2D eigenvalue weighted by Crippen LogP contribution is 2.60. The van der Waals surface area contributed by atoms with Crippen LogP contribution in [0.25, 0.3) is 61.9 Å².